The molecule has 2 N–H and O–H groups in total. The molecule has 7 heteroatoms. The van der Waals surface area contributed by atoms with Crippen LogP contribution in [0.25, 0.3) is 10.9 Å². The zero-order valence-corrected chi connectivity index (χ0v) is 17.1. The molecular formula is C25H18N4O3. The Morgan fingerprint density at radius 2 is 1.75 bits per heavy atom. The molecule has 0 fully saturated rings. The van der Waals surface area contributed by atoms with Gasteiger partial charge in [-0.05, 0) is 73.5 Å². The van der Waals surface area contributed by atoms with Crippen molar-refractivity contribution in [3.05, 3.63) is 84.7 Å². The zero-order valence-electron chi connectivity index (χ0n) is 17.1. The Bertz CT molecular complexity index is 1340. The van der Waals surface area contributed by atoms with E-state index in [4.69, 9.17) is 4.74 Å². The van der Waals surface area contributed by atoms with Crippen molar-refractivity contribution in [2.24, 2.45) is 0 Å². The number of fused-ring (bicyclic) bond motifs is 1. The van der Waals surface area contributed by atoms with Crippen molar-refractivity contribution in [3.63, 3.8) is 0 Å². The predicted molar refractivity (Wildman–Crippen MR) is 123 cm³/mol. The molecule has 0 aliphatic carbocycles. The van der Waals surface area contributed by atoms with Crippen molar-refractivity contribution in [1.82, 2.24) is 9.97 Å². The topological polar surface area (TPSA) is 93.2 Å². The molecule has 2 amide bonds. The van der Waals surface area contributed by atoms with Crippen LogP contribution >= 0.6 is 0 Å². The quantitative estimate of drug-likeness (QED) is 0.457. The third-order valence-electron chi connectivity index (χ3n) is 4.45. The molecule has 32 heavy (non-hydrogen) atoms. The van der Waals surface area contributed by atoms with Gasteiger partial charge in [-0.25, -0.2) is 4.98 Å². The first-order chi connectivity index (χ1) is 15.6. The fraction of sp³-hybridized carbons (Fsp3) is 0.0400. The summed E-state index contributed by atoms with van der Waals surface area (Å²) in [5, 5.41) is 6.19. The molecule has 4 rings (SSSR count). The van der Waals surface area contributed by atoms with Crippen LogP contribution in [0.5, 0.6) is 11.5 Å². The second kappa shape index (κ2) is 9.41. The van der Waals surface area contributed by atoms with Crippen molar-refractivity contribution < 1.29 is 14.3 Å². The molecule has 2 heterocycles. The third-order valence-corrected chi connectivity index (χ3v) is 4.45. The number of hydrogen-bond acceptors (Lipinski definition) is 5. The van der Waals surface area contributed by atoms with Crippen LogP contribution in [0.1, 0.15) is 17.3 Å². The summed E-state index contributed by atoms with van der Waals surface area (Å²) in [5.41, 5.74) is 1.78. The summed E-state index contributed by atoms with van der Waals surface area (Å²) in [4.78, 5) is 32.6. The summed E-state index contributed by atoms with van der Waals surface area (Å²) < 4.78 is 6.03. The van der Waals surface area contributed by atoms with Crippen LogP contribution in [0.15, 0.2) is 79.1 Å². The number of aromatic nitrogens is 2. The molecule has 0 atom stereocenters. The SMILES string of the molecule is CC#CC(=O)Nc1ccc2nccc(Oc3ccc(C(=O)Nc4ccccn4)cc3)c2c1. The molecule has 0 spiro atoms. The number of pyridine rings is 2. The molecule has 156 valence electrons. The molecule has 4 aromatic rings. The fourth-order valence-electron chi connectivity index (χ4n) is 2.99. The summed E-state index contributed by atoms with van der Waals surface area (Å²) in [6, 6.07) is 19.1. The number of carbonyl (C=O) groups is 2. The molecule has 0 aliphatic heterocycles. The van der Waals surface area contributed by atoms with Crippen LogP contribution in [-0.2, 0) is 4.79 Å². The summed E-state index contributed by atoms with van der Waals surface area (Å²) in [5.74, 6) is 5.95. The molecule has 0 bridgehead atoms. The number of amides is 2. The van der Waals surface area contributed by atoms with E-state index in [1.807, 2.05) is 0 Å². The van der Waals surface area contributed by atoms with Crippen LogP contribution < -0.4 is 15.4 Å². The first kappa shape index (κ1) is 20.6. The fourth-order valence-corrected chi connectivity index (χ4v) is 2.99. The van der Waals surface area contributed by atoms with Gasteiger partial charge < -0.3 is 15.4 Å². The summed E-state index contributed by atoms with van der Waals surface area (Å²) in [7, 11) is 0. The summed E-state index contributed by atoms with van der Waals surface area (Å²) in [6.07, 6.45) is 3.26. The average molecular weight is 422 g/mol. The molecule has 0 saturated carbocycles. The van der Waals surface area contributed by atoms with Crippen LogP contribution in [-0.4, -0.2) is 21.8 Å². The van der Waals surface area contributed by atoms with Gasteiger partial charge >= 0.3 is 0 Å². The number of ether oxygens (including phenoxy) is 1. The Balaban J connectivity index is 1.53. The minimum atomic E-state index is -0.391. The van der Waals surface area contributed by atoms with Gasteiger partial charge in [-0.1, -0.05) is 12.0 Å². The number of benzene rings is 2. The lowest BCUT2D eigenvalue weighted by atomic mass is 10.1. The van der Waals surface area contributed by atoms with Crippen LogP contribution in [0.3, 0.4) is 0 Å². The highest BCUT2D eigenvalue weighted by molar-refractivity contribution is 6.05. The van der Waals surface area contributed by atoms with E-state index in [2.05, 4.69) is 32.4 Å². The van der Waals surface area contributed by atoms with Crippen molar-refractivity contribution in [2.75, 3.05) is 10.6 Å². The third kappa shape index (κ3) is 4.89. The van der Waals surface area contributed by atoms with E-state index in [1.54, 1.807) is 86.0 Å². The van der Waals surface area contributed by atoms with Gasteiger partial charge in [-0.2, -0.15) is 0 Å². The largest absolute Gasteiger partial charge is 0.457 e. The average Bonchev–Trinajstić information content (AvgIpc) is 2.81. The molecule has 0 unspecified atom stereocenters. The maximum atomic E-state index is 12.4. The van der Waals surface area contributed by atoms with E-state index in [1.165, 1.54) is 0 Å². The van der Waals surface area contributed by atoms with Gasteiger partial charge in [0.2, 0.25) is 0 Å². The number of carbonyl (C=O) groups excluding carboxylic acids is 2. The first-order valence-corrected chi connectivity index (χ1v) is 9.75. The number of anilines is 2. The Hall–Kier alpha value is -4.70. The Labute approximate surface area is 184 Å². The monoisotopic (exact) mass is 422 g/mol. The molecule has 0 saturated heterocycles. The van der Waals surface area contributed by atoms with Crippen LogP contribution in [0.4, 0.5) is 11.5 Å². The minimum absolute atomic E-state index is 0.264. The van der Waals surface area contributed by atoms with Crippen molar-refractivity contribution in [1.29, 1.82) is 0 Å². The number of rotatable bonds is 5. The van der Waals surface area contributed by atoms with Gasteiger partial charge in [0.15, 0.2) is 0 Å². The van der Waals surface area contributed by atoms with E-state index >= 15 is 0 Å². The predicted octanol–water partition coefficient (Wildman–Crippen LogP) is 4.64. The van der Waals surface area contributed by atoms with Gasteiger partial charge in [0.25, 0.3) is 11.8 Å². The standard InChI is InChI=1S/C25H18N4O3/c1-2-5-24(30)28-18-9-12-21-20(16-18)22(13-15-26-21)32-19-10-7-17(8-11-19)25(31)29-23-6-3-4-14-27-23/h3-4,6-16H,1H3,(H,28,30)(H,27,29,31). The molecular weight excluding hydrogens is 404 g/mol. The lowest BCUT2D eigenvalue weighted by Gasteiger charge is -2.11. The number of hydrogen-bond donors (Lipinski definition) is 2. The summed E-state index contributed by atoms with van der Waals surface area (Å²) in [6.45, 7) is 1.60. The Morgan fingerprint density at radius 1 is 0.906 bits per heavy atom. The molecule has 0 aliphatic rings. The van der Waals surface area contributed by atoms with Gasteiger partial charge in [-0.3, -0.25) is 14.6 Å². The van der Waals surface area contributed by atoms with E-state index in [-0.39, 0.29) is 5.91 Å². The molecule has 2 aromatic carbocycles. The van der Waals surface area contributed by atoms with E-state index in [0.29, 0.717) is 34.1 Å². The van der Waals surface area contributed by atoms with Crippen molar-refractivity contribution in [2.45, 2.75) is 6.92 Å². The second-order valence-corrected chi connectivity index (χ2v) is 6.67. The second-order valence-electron chi connectivity index (χ2n) is 6.67. The van der Waals surface area contributed by atoms with Crippen LogP contribution in [0, 0.1) is 11.8 Å². The Morgan fingerprint density at radius 3 is 2.50 bits per heavy atom. The zero-order chi connectivity index (χ0) is 22.3. The first-order valence-electron chi connectivity index (χ1n) is 9.75. The van der Waals surface area contributed by atoms with E-state index in [0.717, 1.165) is 5.39 Å². The molecule has 7 nitrogen and oxygen atoms in total. The number of nitrogens with one attached hydrogen (secondary N) is 2. The lowest BCUT2D eigenvalue weighted by molar-refractivity contribution is -0.111. The minimum Gasteiger partial charge on any atom is -0.457 e. The normalized spacial score (nSPS) is 10.0. The van der Waals surface area contributed by atoms with Crippen molar-refractivity contribution in [3.8, 4) is 23.3 Å². The number of nitrogens with zero attached hydrogens (tertiary/aromatic N) is 2. The maximum absolute atomic E-state index is 12.4. The van der Waals surface area contributed by atoms with Gasteiger partial charge in [0.1, 0.15) is 17.3 Å². The van der Waals surface area contributed by atoms with E-state index < -0.39 is 5.91 Å². The highest BCUT2D eigenvalue weighted by atomic mass is 16.5. The van der Waals surface area contributed by atoms with Gasteiger partial charge in [-0.15, -0.1) is 0 Å². The Kier molecular flexibility index (Phi) is 6.05. The van der Waals surface area contributed by atoms with E-state index in [9.17, 15) is 9.59 Å². The van der Waals surface area contributed by atoms with Crippen molar-refractivity contribution >= 4 is 34.2 Å². The van der Waals surface area contributed by atoms with Crippen LogP contribution in [0.2, 0.25) is 0 Å². The lowest BCUT2D eigenvalue weighted by Crippen LogP contribution is -2.12. The van der Waals surface area contributed by atoms with Gasteiger partial charge in [0, 0.05) is 29.0 Å². The highest BCUT2D eigenvalue weighted by Gasteiger charge is 2.10. The van der Waals surface area contributed by atoms with Gasteiger partial charge in [0.05, 0.1) is 5.52 Å². The molecule has 0 radical (unpaired) electrons. The maximum Gasteiger partial charge on any atom is 0.300 e. The molecule has 2 aromatic heterocycles. The highest BCUT2D eigenvalue weighted by Crippen LogP contribution is 2.30. The smallest absolute Gasteiger partial charge is 0.300 e. The summed E-state index contributed by atoms with van der Waals surface area (Å²) >= 11 is 0.